The fourth-order valence-corrected chi connectivity index (χ4v) is 3.32. The zero-order valence-electron chi connectivity index (χ0n) is 12.8. The number of halogens is 3. The van der Waals surface area contributed by atoms with E-state index in [0.29, 0.717) is 6.54 Å². The first-order chi connectivity index (χ1) is 9.88. The van der Waals surface area contributed by atoms with Gasteiger partial charge in [0.15, 0.2) is 17.5 Å². The molecule has 1 aromatic rings. The molecule has 1 heterocycles. The van der Waals surface area contributed by atoms with E-state index in [1.807, 2.05) is 27.7 Å². The average molecular weight is 301 g/mol. The van der Waals surface area contributed by atoms with Crippen molar-refractivity contribution >= 4 is 0 Å². The Kier molecular flexibility index (Phi) is 4.94. The molecule has 1 aliphatic rings. The molecule has 21 heavy (non-hydrogen) atoms. The molecule has 5 atom stereocenters. The maximum Gasteiger partial charge on any atom is 0.194 e. The van der Waals surface area contributed by atoms with Crippen LogP contribution in [0, 0.1) is 29.3 Å². The molecule has 1 N–H and O–H groups in total. The number of nitrogens with one attached hydrogen (secondary N) is 1. The molecule has 0 aromatic heterocycles. The van der Waals surface area contributed by atoms with Crippen LogP contribution in [0.15, 0.2) is 12.1 Å². The van der Waals surface area contributed by atoms with E-state index in [2.05, 4.69) is 5.32 Å². The van der Waals surface area contributed by atoms with E-state index < -0.39 is 23.5 Å². The highest BCUT2D eigenvalue weighted by Gasteiger charge is 2.43. The van der Waals surface area contributed by atoms with E-state index in [-0.39, 0.29) is 29.6 Å². The third-order valence-corrected chi connectivity index (χ3v) is 4.53. The van der Waals surface area contributed by atoms with Crippen molar-refractivity contribution in [2.45, 2.75) is 45.9 Å². The lowest BCUT2D eigenvalue weighted by Crippen LogP contribution is -2.35. The molecule has 1 fully saturated rings. The number of hydrogen-bond acceptors (Lipinski definition) is 2. The Labute approximate surface area is 123 Å². The summed E-state index contributed by atoms with van der Waals surface area (Å²) in [5, 5.41) is 3.20. The van der Waals surface area contributed by atoms with Crippen LogP contribution < -0.4 is 5.32 Å². The van der Waals surface area contributed by atoms with Gasteiger partial charge in [0.25, 0.3) is 0 Å². The van der Waals surface area contributed by atoms with Crippen LogP contribution in [0.1, 0.15) is 39.3 Å². The number of benzene rings is 1. The van der Waals surface area contributed by atoms with Crippen molar-refractivity contribution in [2.24, 2.45) is 11.8 Å². The van der Waals surface area contributed by atoms with Gasteiger partial charge in [0.05, 0.1) is 12.2 Å². The first kappa shape index (κ1) is 16.3. The molecule has 2 rings (SSSR count). The molecular weight excluding hydrogens is 279 g/mol. The van der Waals surface area contributed by atoms with E-state index in [1.165, 1.54) is 6.07 Å². The minimum Gasteiger partial charge on any atom is -0.375 e. The van der Waals surface area contributed by atoms with E-state index in [9.17, 15) is 13.2 Å². The molecular formula is C16H22F3NO. The normalized spacial score (nSPS) is 30.6. The lowest BCUT2D eigenvalue weighted by atomic mass is 9.80. The second-order valence-corrected chi connectivity index (χ2v) is 5.78. The van der Waals surface area contributed by atoms with Crippen molar-refractivity contribution in [3.63, 3.8) is 0 Å². The second-order valence-electron chi connectivity index (χ2n) is 5.78. The van der Waals surface area contributed by atoms with Crippen molar-refractivity contribution < 1.29 is 17.9 Å². The van der Waals surface area contributed by atoms with Crippen LogP contribution >= 0.6 is 0 Å². The van der Waals surface area contributed by atoms with Crippen LogP contribution in [-0.2, 0) is 4.74 Å². The van der Waals surface area contributed by atoms with Crippen molar-refractivity contribution in [3.8, 4) is 0 Å². The van der Waals surface area contributed by atoms with Gasteiger partial charge in [-0.1, -0.05) is 19.9 Å². The molecule has 0 saturated carbocycles. The maximum atomic E-state index is 14.1. The summed E-state index contributed by atoms with van der Waals surface area (Å²) in [6.45, 7) is 8.46. The van der Waals surface area contributed by atoms with Gasteiger partial charge >= 0.3 is 0 Å². The fraction of sp³-hybridized carbons (Fsp3) is 0.625. The van der Waals surface area contributed by atoms with Gasteiger partial charge in [-0.25, -0.2) is 13.2 Å². The number of ether oxygens (including phenoxy) is 1. The highest BCUT2D eigenvalue weighted by Crippen LogP contribution is 2.41. The summed E-state index contributed by atoms with van der Waals surface area (Å²) in [6, 6.07) is 1.90. The average Bonchev–Trinajstić information content (AvgIpc) is 2.68. The molecule has 0 aliphatic carbocycles. The molecule has 1 aliphatic heterocycles. The summed E-state index contributed by atoms with van der Waals surface area (Å²) in [7, 11) is 0. The van der Waals surface area contributed by atoms with Gasteiger partial charge in [0.2, 0.25) is 0 Å². The molecule has 0 radical (unpaired) electrons. The van der Waals surface area contributed by atoms with Gasteiger partial charge in [-0.2, -0.15) is 0 Å². The Morgan fingerprint density at radius 2 is 1.76 bits per heavy atom. The second kappa shape index (κ2) is 6.36. The summed E-state index contributed by atoms with van der Waals surface area (Å²) < 4.78 is 46.6. The third-order valence-electron chi connectivity index (χ3n) is 4.53. The summed E-state index contributed by atoms with van der Waals surface area (Å²) in [4.78, 5) is 0. The van der Waals surface area contributed by atoms with E-state index in [0.717, 1.165) is 6.07 Å². The SMILES string of the molecule is CCNC(c1ccc(F)c(F)c1F)C1C(C)OC(C)C1C. The predicted octanol–water partition coefficient (Wildman–Crippen LogP) is 3.81. The van der Waals surface area contributed by atoms with Crippen LogP contribution in [0.4, 0.5) is 13.2 Å². The Morgan fingerprint density at radius 3 is 2.29 bits per heavy atom. The Bertz CT molecular complexity index is 509. The fourth-order valence-electron chi connectivity index (χ4n) is 3.32. The Balaban J connectivity index is 2.42. The lowest BCUT2D eigenvalue weighted by Gasteiger charge is -2.30. The number of rotatable bonds is 4. The van der Waals surface area contributed by atoms with Crippen LogP contribution in [0.3, 0.4) is 0 Å². The minimum atomic E-state index is -1.41. The summed E-state index contributed by atoms with van der Waals surface area (Å²) in [5.74, 6) is -3.50. The first-order valence-electron chi connectivity index (χ1n) is 7.40. The maximum absolute atomic E-state index is 14.1. The molecule has 5 unspecified atom stereocenters. The van der Waals surface area contributed by atoms with Gasteiger partial charge in [0, 0.05) is 17.5 Å². The molecule has 2 nitrogen and oxygen atoms in total. The molecule has 1 saturated heterocycles. The van der Waals surface area contributed by atoms with Crippen molar-refractivity contribution in [1.82, 2.24) is 5.32 Å². The van der Waals surface area contributed by atoms with Gasteiger partial charge in [-0.05, 0) is 32.4 Å². The zero-order valence-corrected chi connectivity index (χ0v) is 12.8. The van der Waals surface area contributed by atoms with Gasteiger partial charge < -0.3 is 10.1 Å². The predicted molar refractivity (Wildman–Crippen MR) is 75.4 cm³/mol. The minimum absolute atomic E-state index is 0.000638. The summed E-state index contributed by atoms with van der Waals surface area (Å²) >= 11 is 0. The van der Waals surface area contributed by atoms with Gasteiger partial charge in [0.1, 0.15) is 0 Å². The van der Waals surface area contributed by atoms with Crippen LogP contribution in [0.5, 0.6) is 0 Å². The highest BCUT2D eigenvalue weighted by molar-refractivity contribution is 5.25. The standard InChI is InChI=1S/C16H22F3NO/c1-5-20-16(13-8(2)9(3)21-10(13)4)11-6-7-12(17)15(19)14(11)18/h6-10,13,16,20H,5H2,1-4H3. The highest BCUT2D eigenvalue weighted by atomic mass is 19.2. The zero-order chi connectivity index (χ0) is 15.7. The van der Waals surface area contributed by atoms with E-state index in [4.69, 9.17) is 4.74 Å². The summed E-state index contributed by atoms with van der Waals surface area (Å²) in [6.07, 6.45) is -0.0222. The molecule has 0 bridgehead atoms. The monoisotopic (exact) mass is 301 g/mol. The molecule has 5 heteroatoms. The van der Waals surface area contributed by atoms with Crippen molar-refractivity contribution in [3.05, 3.63) is 35.1 Å². The topological polar surface area (TPSA) is 21.3 Å². The van der Waals surface area contributed by atoms with Crippen molar-refractivity contribution in [1.29, 1.82) is 0 Å². The van der Waals surface area contributed by atoms with Crippen molar-refractivity contribution in [2.75, 3.05) is 6.54 Å². The Hall–Kier alpha value is -1.07. The first-order valence-corrected chi connectivity index (χ1v) is 7.40. The van der Waals surface area contributed by atoms with E-state index in [1.54, 1.807) is 0 Å². The van der Waals surface area contributed by atoms with Crippen LogP contribution in [-0.4, -0.2) is 18.8 Å². The number of hydrogen-bond donors (Lipinski definition) is 1. The smallest absolute Gasteiger partial charge is 0.194 e. The lowest BCUT2D eigenvalue weighted by molar-refractivity contribution is 0.0474. The summed E-state index contributed by atoms with van der Waals surface area (Å²) in [5.41, 5.74) is 0.164. The third kappa shape index (κ3) is 2.94. The molecule has 1 aromatic carbocycles. The molecule has 0 spiro atoms. The largest absolute Gasteiger partial charge is 0.375 e. The van der Waals surface area contributed by atoms with E-state index >= 15 is 0 Å². The molecule has 0 amide bonds. The van der Waals surface area contributed by atoms with Crippen LogP contribution in [0.25, 0.3) is 0 Å². The quantitative estimate of drug-likeness (QED) is 0.854. The van der Waals surface area contributed by atoms with Gasteiger partial charge in [-0.15, -0.1) is 0 Å². The molecule has 118 valence electrons. The van der Waals surface area contributed by atoms with Gasteiger partial charge in [-0.3, -0.25) is 0 Å². The van der Waals surface area contributed by atoms with Crippen LogP contribution in [0.2, 0.25) is 0 Å². The Morgan fingerprint density at radius 1 is 1.10 bits per heavy atom.